The SMILES string of the molecule is COc1ccc(C(=O)NC(=Cc2ccc(Cl)cc2)C(N)=O)cc1. The summed E-state index contributed by atoms with van der Waals surface area (Å²) < 4.78 is 5.03. The molecular formula is C17H15ClN2O3. The fourth-order valence-electron chi connectivity index (χ4n) is 1.83. The van der Waals surface area contributed by atoms with Crippen LogP contribution in [0.1, 0.15) is 15.9 Å². The lowest BCUT2D eigenvalue weighted by molar-refractivity contribution is -0.114. The van der Waals surface area contributed by atoms with Gasteiger partial charge in [-0.25, -0.2) is 0 Å². The van der Waals surface area contributed by atoms with Crippen LogP contribution in [-0.4, -0.2) is 18.9 Å². The number of carbonyl (C=O) groups excluding carboxylic acids is 2. The van der Waals surface area contributed by atoms with Crippen molar-refractivity contribution in [3.8, 4) is 5.75 Å². The molecule has 0 radical (unpaired) electrons. The Bertz CT molecular complexity index is 737. The molecule has 0 aliphatic rings. The molecule has 23 heavy (non-hydrogen) atoms. The fourth-order valence-corrected chi connectivity index (χ4v) is 1.96. The third kappa shape index (κ3) is 4.59. The highest BCUT2D eigenvalue weighted by molar-refractivity contribution is 6.30. The minimum absolute atomic E-state index is 0.00635. The van der Waals surface area contributed by atoms with Crippen LogP contribution < -0.4 is 15.8 Å². The Morgan fingerprint density at radius 3 is 2.22 bits per heavy atom. The third-order valence-electron chi connectivity index (χ3n) is 3.05. The Labute approximate surface area is 138 Å². The summed E-state index contributed by atoms with van der Waals surface area (Å²) in [5.74, 6) is -0.540. The second-order valence-corrected chi connectivity index (χ2v) is 5.09. The lowest BCUT2D eigenvalue weighted by atomic mass is 10.1. The molecule has 0 fully saturated rings. The molecule has 0 aliphatic heterocycles. The van der Waals surface area contributed by atoms with Crippen molar-refractivity contribution in [3.05, 3.63) is 70.4 Å². The molecule has 0 atom stereocenters. The fraction of sp³-hybridized carbons (Fsp3) is 0.0588. The Balaban J connectivity index is 2.19. The van der Waals surface area contributed by atoms with Crippen molar-refractivity contribution >= 4 is 29.5 Å². The second-order valence-electron chi connectivity index (χ2n) is 4.66. The van der Waals surface area contributed by atoms with E-state index in [0.717, 1.165) is 0 Å². The van der Waals surface area contributed by atoms with Crippen molar-refractivity contribution in [1.82, 2.24) is 5.32 Å². The number of hydrogen-bond donors (Lipinski definition) is 2. The minimum atomic E-state index is -0.734. The summed E-state index contributed by atoms with van der Waals surface area (Å²) >= 11 is 5.81. The van der Waals surface area contributed by atoms with Crippen LogP contribution in [0.15, 0.2) is 54.2 Å². The molecule has 0 aromatic heterocycles. The van der Waals surface area contributed by atoms with Crippen LogP contribution >= 0.6 is 11.6 Å². The number of hydrogen-bond acceptors (Lipinski definition) is 3. The number of ether oxygens (including phenoxy) is 1. The molecule has 2 aromatic carbocycles. The van der Waals surface area contributed by atoms with Crippen molar-refractivity contribution in [3.63, 3.8) is 0 Å². The zero-order chi connectivity index (χ0) is 16.8. The van der Waals surface area contributed by atoms with Gasteiger partial charge in [0.15, 0.2) is 0 Å². The zero-order valence-corrected chi connectivity index (χ0v) is 13.1. The summed E-state index contributed by atoms with van der Waals surface area (Å²) in [7, 11) is 1.54. The quantitative estimate of drug-likeness (QED) is 0.827. The van der Waals surface area contributed by atoms with Gasteiger partial charge < -0.3 is 15.8 Å². The first kappa shape index (κ1) is 16.6. The molecule has 0 spiro atoms. The molecule has 2 rings (SSSR count). The number of primary amides is 1. The first-order valence-corrected chi connectivity index (χ1v) is 7.10. The molecule has 0 saturated heterocycles. The smallest absolute Gasteiger partial charge is 0.265 e. The van der Waals surface area contributed by atoms with Gasteiger partial charge in [0.05, 0.1) is 7.11 Å². The van der Waals surface area contributed by atoms with E-state index >= 15 is 0 Å². The molecule has 6 heteroatoms. The Kier molecular flexibility index (Phi) is 5.38. The molecule has 5 nitrogen and oxygen atoms in total. The maximum absolute atomic E-state index is 12.2. The van der Waals surface area contributed by atoms with Gasteiger partial charge in [0.2, 0.25) is 0 Å². The maximum Gasteiger partial charge on any atom is 0.265 e. The highest BCUT2D eigenvalue weighted by atomic mass is 35.5. The van der Waals surface area contributed by atoms with E-state index in [4.69, 9.17) is 22.1 Å². The average molecular weight is 331 g/mol. The molecule has 2 aromatic rings. The largest absolute Gasteiger partial charge is 0.497 e. The lowest BCUT2D eigenvalue weighted by Crippen LogP contribution is -2.31. The average Bonchev–Trinajstić information content (AvgIpc) is 2.56. The number of nitrogens with one attached hydrogen (secondary N) is 1. The van der Waals surface area contributed by atoms with E-state index in [2.05, 4.69) is 5.32 Å². The van der Waals surface area contributed by atoms with Gasteiger partial charge in [-0.2, -0.15) is 0 Å². The number of carbonyl (C=O) groups is 2. The first-order valence-electron chi connectivity index (χ1n) is 6.72. The third-order valence-corrected chi connectivity index (χ3v) is 3.30. The monoisotopic (exact) mass is 330 g/mol. The lowest BCUT2D eigenvalue weighted by Gasteiger charge is -2.08. The maximum atomic E-state index is 12.2. The molecule has 0 heterocycles. The topological polar surface area (TPSA) is 81.4 Å². The van der Waals surface area contributed by atoms with E-state index in [1.165, 1.54) is 13.2 Å². The molecule has 0 saturated carbocycles. The van der Waals surface area contributed by atoms with Crippen LogP contribution in [0.5, 0.6) is 5.75 Å². The number of nitrogens with two attached hydrogens (primary N) is 1. The summed E-state index contributed by atoms with van der Waals surface area (Å²) in [6, 6.07) is 13.3. The van der Waals surface area contributed by atoms with Gasteiger partial charge in [-0.15, -0.1) is 0 Å². The number of amides is 2. The summed E-state index contributed by atoms with van der Waals surface area (Å²) in [4.78, 5) is 23.7. The van der Waals surface area contributed by atoms with Crippen molar-refractivity contribution in [2.75, 3.05) is 7.11 Å². The van der Waals surface area contributed by atoms with E-state index in [9.17, 15) is 9.59 Å². The minimum Gasteiger partial charge on any atom is -0.497 e. The van der Waals surface area contributed by atoms with Crippen LogP contribution in [0, 0.1) is 0 Å². The normalized spacial score (nSPS) is 11.0. The van der Waals surface area contributed by atoms with Crippen molar-refractivity contribution in [1.29, 1.82) is 0 Å². The summed E-state index contributed by atoms with van der Waals surface area (Å²) in [5.41, 5.74) is 6.39. The summed E-state index contributed by atoms with van der Waals surface area (Å²) in [6.45, 7) is 0. The van der Waals surface area contributed by atoms with Crippen molar-refractivity contribution in [2.45, 2.75) is 0 Å². The molecule has 118 valence electrons. The molecule has 0 unspecified atom stereocenters. The summed E-state index contributed by atoms with van der Waals surface area (Å²) in [5, 5.41) is 3.08. The van der Waals surface area contributed by atoms with E-state index in [-0.39, 0.29) is 5.70 Å². The van der Waals surface area contributed by atoms with Crippen LogP contribution in [0.3, 0.4) is 0 Å². The number of halogens is 1. The van der Waals surface area contributed by atoms with Crippen LogP contribution in [-0.2, 0) is 4.79 Å². The highest BCUT2D eigenvalue weighted by Gasteiger charge is 2.12. The highest BCUT2D eigenvalue weighted by Crippen LogP contribution is 2.13. The predicted octanol–water partition coefficient (Wildman–Crippen LogP) is 2.60. The van der Waals surface area contributed by atoms with Gasteiger partial charge >= 0.3 is 0 Å². The van der Waals surface area contributed by atoms with Gasteiger partial charge in [0, 0.05) is 10.6 Å². The van der Waals surface area contributed by atoms with Gasteiger partial charge in [-0.05, 0) is 48.0 Å². The van der Waals surface area contributed by atoms with Gasteiger partial charge in [-0.1, -0.05) is 23.7 Å². The van der Waals surface area contributed by atoms with E-state index in [1.807, 2.05) is 0 Å². The van der Waals surface area contributed by atoms with E-state index in [1.54, 1.807) is 48.5 Å². The van der Waals surface area contributed by atoms with Gasteiger partial charge in [-0.3, -0.25) is 9.59 Å². The molecule has 0 bridgehead atoms. The molecule has 2 amide bonds. The first-order chi connectivity index (χ1) is 11.0. The Morgan fingerprint density at radius 1 is 1.09 bits per heavy atom. The predicted molar refractivity (Wildman–Crippen MR) is 89.1 cm³/mol. The zero-order valence-electron chi connectivity index (χ0n) is 12.4. The standard InChI is InChI=1S/C17H15ClN2O3/c1-23-14-8-4-12(5-9-14)17(22)20-15(16(19)21)10-11-2-6-13(18)7-3-11/h2-10H,1H3,(H2,19,21)(H,20,22). The van der Waals surface area contributed by atoms with Crippen LogP contribution in [0.4, 0.5) is 0 Å². The Hall–Kier alpha value is -2.79. The summed E-state index contributed by atoms with van der Waals surface area (Å²) in [6.07, 6.45) is 1.49. The van der Waals surface area contributed by atoms with Crippen LogP contribution in [0.2, 0.25) is 5.02 Å². The Morgan fingerprint density at radius 2 is 1.70 bits per heavy atom. The van der Waals surface area contributed by atoms with Gasteiger partial charge in [0.1, 0.15) is 11.4 Å². The number of methoxy groups -OCH3 is 1. The number of rotatable bonds is 5. The second kappa shape index (κ2) is 7.47. The van der Waals surface area contributed by atoms with Crippen molar-refractivity contribution < 1.29 is 14.3 Å². The van der Waals surface area contributed by atoms with Crippen LogP contribution in [0.25, 0.3) is 6.08 Å². The molecule has 0 aliphatic carbocycles. The van der Waals surface area contributed by atoms with E-state index < -0.39 is 11.8 Å². The van der Waals surface area contributed by atoms with E-state index in [0.29, 0.717) is 21.9 Å². The van der Waals surface area contributed by atoms with Crippen molar-refractivity contribution in [2.24, 2.45) is 5.73 Å². The number of benzene rings is 2. The molecule has 3 N–H and O–H groups in total. The molecular weight excluding hydrogens is 316 g/mol. The van der Waals surface area contributed by atoms with Gasteiger partial charge in [0.25, 0.3) is 11.8 Å².